The number of Topliss-reactive ketones (excluding diaryl/α,β-unsaturated/α-hetero) is 1. The van der Waals surface area contributed by atoms with Crippen LogP contribution in [-0.4, -0.2) is 5.78 Å². The zero-order chi connectivity index (χ0) is 13.7. The highest BCUT2D eigenvalue weighted by molar-refractivity contribution is 5.87. The molecule has 1 atom stereocenters. The molecule has 3 rings (SSSR count). The molecule has 3 aliphatic rings. The average Bonchev–Trinajstić information content (AvgIpc) is 2.92. The van der Waals surface area contributed by atoms with Crippen LogP contribution in [0.15, 0.2) is 0 Å². The molecule has 0 radical (unpaired) electrons. The second-order valence-electron chi connectivity index (χ2n) is 6.64. The van der Waals surface area contributed by atoms with Gasteiger partial charge >= 0.3 is 0 Å². The maximum absolute atomic E-state index is 12.4. The summed E-state index contributed by atoms with van der Waals surface area (Å²) in [5.74, 6) is 1.12. The quantitative estimate of drug-likeness (QED) is 0.567. The highest BCUT2D eigenvalue weighted by Crippen LogP contribution is 2.62. The Hall–Kier alpha value is -0.840. The van der Waals surface area contributed by atoms with Crippen molar-refractivity contribution in [1.82, 2.24) is 0 Å². The Morgan fingerprint density at radius 2 is 1.79 bits per heavy atom. The first-order chi connectivity index (χ1) is 9.23. The van der Waals surface area contributed by atoms with Gasteiger partial charge in [-0.25, -0.2) is 0 Å². The number of nitrogens with zero attached hydrogens (tertiary/aromatic N) is 1. The van der Waals surface area contributed by atoms with Crippen molar-refractivity contribution in [2.24, 2.45) is 17.3 Å². The van der Waals surface area contributed by atoms with Crippen LogP contribution in [0.25, 0.3) is 0 Å². The topological polar surface area (TPSA) is 40.9 Å². The van der Waals surface area contributed by atoms with Gasteiger partial charge in [-0.1, -0.05) is 45.4 Å². The smallest absolute Gasteiger partial charge is 0.140 e. The zero-order valence-corrected chi connectivity index (χ0v) is 12.3. The van der Waals surface area contributed by atoms with Gasteiger partial charge in [-0.05, 0) is 31.6 Å². The maximum Gasteiger partial charge on any atom is 0.140 e. The number of ketones is 1. The van der Waals surface area contributed by atoms with Gasteiger partial charge in [-0.15, -0.1) is 0 Å². The molecule has 3 saturated carbocycles. The largest absolute Gasteiger partial charge is 0.299 e. The van der Waals surface area contributed by atoms with Gasteiger partial charge < -0.3 is 0 Å². The van der Waals surface area contributed by atoms with Gasteiger partial charge in [0.25, 0.3) is 0 Å². The molecule has 3 aliphatic carbocycles. The molecule has 2 bridgehead atoms. The molecule has 0 aromatic heterocycles. The van der Waals surface area contributed by atoms with Crippen molar-refractivity contribution >= 4 is 5.78 Å². The summed E-state index contributed by atoms with van der Waals surface area (Å²) in [6, 6.07) is 2.38. The Morgan fingerprint density at radius 1 is 1.16 bits per heavy atom. The van der Waals surface area contributed by atoms with E-state index in [0.717, 1.165) is 32.1 Å². The highest BCUT2D eigenvalue weighted by atomic mass is 16.1. The molecule has 0 saturated heterocycles. The van der Waals surface area contributed by atoms with Crippen LogP contribution in [0, 0.1) is 28.6 Å². The fourth-order valence-corrected chi connectivity index (χ4v) is 4.07. The minimum atomic E-state index is -0.193. The summed E-state index contributed by atoms with van der Waals surface area (Å²) in [7, 11) is 0. The van der Waals surface area contributed by atoms with E-state index in [2.05, 4.69) is 13.0 Å². The van der Waals surface area contributed by atoms with Crippen molar-refractivity contribution in [2.45, 2.75) is 77.6 Å². The summed E-state index contributed by atoms with van der Waals surface area (Å²) in [6.07, 6.45) is 12.5. The van der Waals surface area contributed by atoms with Crippen molar-refractivity contribution in [3.05, 3.63) is 0 Å². The van der Waals surface area contributed by atoms with Crippen LogP contribution in [0.3, 0.4) is 0 Å². The Kier molecular flexibility index (Phi) is 5.02. The van der Waals surface area contributed by atoms with Crippen molar-refractivity contribution < 1.29 is 4.79 Å². The van der Waals surface area contributed by atoms with Crippen LogP contribution in [0.4, 0.5) is 0 Å². The lowest BCUT2D eigenvalue weighted by Crippen LogP contribution is -2.39. The summed E-state index contributed by atoms with van der Waals surface area (Å²) in [5.41, 5.74) is -0.193. The molecular weight excluding hydrogens is 234 g/mol. The van der Waals surface area contributed by atoms with Crippen molar-refractivity contribution in [2.75, 3.05) is 0 Å². The summed E-state index contributed by atoms with van der Waals surface area (Å²) in [6.45, 7) is 2.23. The van der Waals surface area contributed by atoms with Crippen LogP contribution in [-0.2, 0) is 4.79 Å². The number of carbonyl (C=O) groups excluding carboxylic acids is 1. The van der Waals surface area contributed by atoms with E-state index < -0.39 is 0 Å². The molecule has 106 valence electrons. The monoisotopic (exact) mass is 261 g/mol. The Labute approximate surface area is 117 Å². The second kappa shape index (κ2) is 6.55. The zero-order valence-electron chi connectivity index (χ0n) is 12.3. The SMILES string of the molecule is CCCCCCCCCC(=O)C12CC(CC1C#N)C2. The van der Waals surface area contributed by atoms with Gasteiger partial charge in [0.2, 0.25) is 0 Å². The lowest BCUT2D eigenvalue weighted by molar-refractivity contribution is -0.134. The fraction of sp³-hybridized carbons (Fsp3) is 0.882. The third-order valence-corrected chi connectivity index (χ3v) is 5.26. The molecule has 0 spiro atoms. The Bertz CT molecular complexity index is 349. The third-order valence-electron chi connectivity index (χ3n) is 5.26. The molecule has 3 fully saturated rings. The van der Waals surface area contributed by atoms with Gasteiger partial charge in [0.15, 0.2) is 0 Å². The van der Waals surface area contributed by atoms with E-state index in [1.165, 1.54) is 38.5 Å². The number of carbonyl (C=O) groups is 1. The van der Waals surface area contributed by atoms with E-state index in [9.17, 15) is 4.79 Å². The molecule has 0 amide bonds. The molecule has 1 unspecified atom stereocenters. The lowest BCUT2D eigenvalue weighted by atomic mass is 9.63. The predicted molar refractivity (Wildman–Crippen MR) is 76.5 cm³/mol. The molecular formula is C17H27NO. The minimum absolute atomic E-state index is 0.0366. The fourth-order valence-electron chi connectivity index (χ4n) is 4.07. The Balaban J connectivity index is 1.62. The first-order valence-electron chi connectivity index (χ1n) is 8.16. The number of fused-ring (bicyclic) bond motifs is 1. The third kappa shape index (κ3) is 3.02. The van der Waals surface area contributed by atoms with Gasteiger partial charge in [0.1, 0.15) is 5.78 Å². The Morgan fingerprint density at radius 3 is 2.42 bits per heavy atom. The first kappa shape index (κ1) is 14.6. The standard InChI is InChI=1S/C17H27NO/c1-2-3-4-5-6-7-8-9-16(19)17-11-14(12-17)10-15(17)13-18/h14-15H,2-12H2,1H3. The van der Waals surface area contributed by atoms with E-state index in [0.29, 0.717) is 11.7 Å². The van der Waals surface area contributed by atoms with Crippen LogP contribution >= 0.6 is 0 Å². The molecule has 0 N–H and O–H groups in total. The first-order valence-corrected chi connectivity index (χ1v) is 8.16. The van der Waals surface area contributed by atoms with Crippen molar-refractivity contribution in [1.29, 1.82) is 5.26 Å². The van der Waals surface area contributed by atoms with Crippen molar-refractivity contribution in [3.8, 4) is 6.07 Å². The van der Waals surface area contributed by atoms with Gasteiger partial charge in [0, 0.05) is 11.8 Å². The molecule has 0 heterocycles. The van der Waals surface area contributed by atoms with Gasteiger partial charge in [-0.2, -0.15) is 5.26 Å². The second-order valence-corrected chi connectivity index (χ2v) is 6.64. The lowest BCUT2D eigenvalue weighted by Gasteiger charge is -2.38. The minimum Gasteiger partial charge on any atom is -0.299 e. The van der Waals surface area contributed by atoms with Crippen molar-refractivity contribution in [3.63, 3.8) is 0 Å². The average molecular weight is 261 g/mol. The van der Waals surface area contributed by atoms with E-state index in [1.54, 1.807) is 0 Å². The maximum atomic E-state index is 12.4. The summed E-state index contributed by atoms with van der Waals surface area (Å²) in [4.78, 5) is 12.4. The summed E-state index contributed by atoms with van der Waals surface area (Å²) >= 11 is 0. The number of hydrogen-bond acceptors (Lipinski definition) is 2. The summed E-state index contributed by atoms with van der Waals surface area (Å²) in [5, 5.41) is 9.17. The molecule has 0 aromatic carbocycles. The number of hydrogen-bond donors (Lipinski definition) is 0. The van der Waals surface area contributed by atoms with Gasteiger partial charge in [-0.3, -0.25) is 4.79 Å². The number of nitriles is 1. The van der Waals surface area contributed by atoms with Crippen LogP contribution < -0.4 is 0 Å². The molecule has 0 aromatic rings. The molecule has 2 nitrogen and oxygen atoms in total. The van der Waals surface area contributed by atoms with Crippen LogP contribution in [0.5, 0.6) is 0 Å². The molecule has 19 heavy (non-hydrogen) atoms. The number of unbranched alkanes of at least 4 members (excludes halogenated alkanes) is 6. The van der Waals surface area contributed by atoms with Crippen LogP contribution in [0.1, 0.15) is 77.6 Å². The van der Waals surface area contributed by atoms with Crippen LogP contribution in [0.2, 0.25) is 0 Å². The van der Waals surface area contributed by atoms with E-state index in [1.807, 2.05) is 0 Å². The number of rotatable bonds is 9. The highest BCUT2D eigenvalue weighted by Gasteiger charge is 2.61. The molecule has 2 heteroatoms. The normalized spacial score (nSPS) is 31.8. The summed E-state index contributed by atoms with van der Waals surface area (Å²) < 4.78 is 0. The van der Waals surface area contributed by atoms with Gasteiger partial charge in [0.05, 0.1) is 12.0 Å². The van der Waals surface area contributed by atoms with E-state index in [-0.39, 0.29) is 11.3 Å². The van der Waals surface area contributed by atoms with E-state index >= 15 is 0 Å². The predicted octanol–water partition coefficient (Wildman–Crippen LogP) is 4.64. The molecule has 0 aliphatic heterocycles. The van der Waals surface area contributed by atoms with E-state index in [4.69, 9.17) is 5.26 Å².